The molecular weight excluding hydrogens is 362 g/mol. The van der Waals surface area contributed by atoms with Crippen molar-refractivity contribution in [3.8, 4) is 22.6 Å². The number of aryl methyl sites for hydroxylation is 2. The first-order valence-electron chi connectivity index (χ1n) is 10.4. The Balaban J connectivity index is 1.36. The molecule has 5 nitrogen and oxygen atoms in total. The fourth-order valence-corrected chi connectivity index (χ4v) is 4.50. The first kappa shape index (κ1) is 18.3. The van der Waals surface area contributed by atoms with Crippen molar-refractivity contribution in [2.24, 2.45) is 7.05 Å². The van der Waals surface area contributed by atoms with Crippen LogP contribution in [0.5, 0.6) is 11.5 Å². The third-order valence-corrected chi connectivity index (χ3v) is 6.07. The zero-order chi connectivity index (χ0) is 19.8. The standard InChI is InChI=1S/C24H27N3O2/c1-17-12-18(21-14-25-26(2)15-21)5-6-20(17)16-27-9-3-4-22(27)19-7-8-23-24(13-19)29-11-10-28-23/h5-8,12-15,22H,3-4,9-11,16H2,1-2H3/t22-/m0/s1. The summed E-state index contributed by atoms with van der Waals surface area (Å²) >= 11 is 0. The van der Waals surface area contributed by atoms with Crippen LogP contribution in [0.1, 0.15) is 35.6 Å². The Labute approximate surface area is 171 Å². The second kappa shape index (κ2) is 7.56. The summed E-state index contributed by atoms with van der Waals surface area (Å²) < 4.78 is 13.3. The van der Waals surface area contributed by atoms with Gasteiger partial charge >= 0.3 is 0 Å². The summed E-state index contributed by atoms with van der Waals surface area (Å²) in [6, 6.07) is 13.6. The predicted molar refractivity (Wildman–Crippen MR) is 113 cm³/mol. The summed E-state index contributed by atoms with van der Waals surface area (Å²) in [5, 5.41) is 4.29. The molecule has 3 aromatic rings. The van der Waals surface area contributed by atoms with E-state index in [9.17, 15) is 0 Å². The summed E-state index contributed by atoms with van der Waals surface area (Å²) in [6.07, 6.45) is 6.40. The van der Waals surface area contributed by atoms with Crippen molar-refractivity contribution < 1.29 is 9.47 Å². The molecule has 0 radical (unpaired) electrons. The van der Waals surface area contributed by atoms with Crippen LogP contribution in [0.2, 0.25) is 0 Å². The van der Waals surface area contributed by atoms with Crippen LogP contribution in [0.25, 0.3) is 11.1 Å². The van der Waals surface area contributed by atoms with Crippen molar-refractivity contribution in [3.63, 3.8) is 0 Å². The molecule has 29 heavy (non-hydrogen) atoms. The van der Waals surface area contributed by atoms with Gasteiger partial charge < -0.3 is 9.47 Å². The maximum absolute atomic E-state index is 5.80. The zero-order valence-corrected chi connectivity index (χ0v) is 17.1. The van der Waals surface area contributed by atoms with Gasteiger partial charge in [-0.2, -0.15) is 5.10 Å². The minimum Gasteiger partial charge on any atom is -0.486 e. The Bertz CT molecular complexity index is 1030. The lowest BCUT2D eigenvalue weighted by molar-refractivity contribution is 0.170. The Morgan fingerprint density at radius 3 is 2.69 bits per heavy atom. The molecule has 5 rings (SSSR count). The van der Waals surface area contributed by atoms with Gasteiger partial charge in [0.2, 0.25) is 0 Å². The smallest absolute Gasteiger partial charge is 0.161 e. The molecule has 0 bridgehead atoms. The number of aromatic nitrogens is 2. The monoisotopic (exact) mass is 389 g/mol. The van der Waals surface area contributed by atoms with Gasteiger partial charge in [0.15, 0.2) is 11.5 Å². The molecule has 2 aliphatic heterocycles. The van der Waals surface area contributed by atoms with Gasteiger partial charge in [0.05, 0.1) is 6.20 Å². The second-order valence-corrected chi connectivity index (χ2v) is 8.08. The Kier molecular flexibility index (Phi) is 4.76. The molecule has 1 aromatic heterocycles. The van der Waals surface area contributed by atoms with Gasteiger partial charge in [-0.25, -0.2) is 0 Å². The normalized spacial score (nSPS) is 18.9. The quantitative estimate of drug-likeness (QED) is 0.658. The van der Waals surface area contributed by atoms with Crippen molar-refractivity contribution in [3.05, 3.63) is 65.5 Å². The molecule has 1 atom stereocenters. The average molecular weight is 389 g/mol. The third-order valence-electron chi connectivity index (χ3n) is 6.07. The first-order valence-corrected chi connectivity index (χ1v) is 10.4. The van der Waals surface area contributed by atoms with E-state index >= 15 is 0 Å². The van der Waals surface area contributed by atoms with Crippen LogP contribution in [0.3, 0.4) is 0 Å². The van der Waals surface area contributed by atoms with E-state index in [4.69, 9.17) is 9.47 Å². The lowest BCUT2D eigenvalue weighted by Crippen LogP contribution is -2.23. The van der Waals surface area contributed by atoms with Gasteiger partial charge in [-0.15, -0.1) is 0 Å². The van der Waals surface area contributed by atoms with Gasteiger partial charge in [-0.05, 0) is 60.7 Å². The van der Waals surface area contributed by atoms with Crippen LogP contribution in [-0.2, 0) is 13.6 Å². The summed E-state index contributed by atoms with van der Waals surface area (Å²) in [5.41, 5.74) is 6.44. The van der Waals surface area contributed by atoms with Gasteiger partial charge in [0.25, 0.3) is 0 Å². The van der Waals surface area contributed by atoms with Crippen LogP contribution in [0.15, 0.2) is 48.8 Å². The molecule has 1 saturated heterocycles. The van der Waals surface area contributed by atoms with Crippen LogP contribution < -0.4 is 9.47 Å². The number of fused-ring (bicyclic) bond motifs is 1. The molecule has 5 heteroatoms. The number of likely N-dealkylation sites (tertiary alicyclic amines) is 1. The molecule has 0 amide bonds. The highest BCUT2D eigenvalue weighted by molar-refractivity contribution is 5.63. The average Bonchev–Trinajstić information content (AvgIpc) is 3.38. The van der Waals surface area contributed by atoms with E-state index < -0.39 is 0 Å². The fourth-order valence-electron chi connectivity index (χ4n) is 4.50. The number of rotatable bonds is 4. The lowest BCUT2D eigenvalue weighted by atomic mass is 10.00. The van der Waals surface area contributed by atoms with E-state index in [-0.39, 0.29) is 0 Å². The highest BCUT2D eigenvalue weighted by Crippen LogP contribution is 2.39. The number of nitrogens with zero attached hydrogens (tertiary/aromatic N) is 3. The number of ether oxygens (including phenoxy) is 2. The largest absolute Gasteiger partial charge is 0.486 e. The number of hydrogen-bond donors (Lipinski definition) is 0. The van der Waals surface area contributed by atoms with E-state index in [1.54, 1.807) is 0 Å². The Morgan fingerprint density at radius 1 is 1.03 bits per heavy atom. The molecule has 0 N–H and O–H groups in total. The molecular formula is C24H27N3O2. The minimum atomic E-state index is 0.434. The molecule has 3 heterocycles. The molecule has 1 fully saturated rings. The highest BCUT2D eigenvalue weighted by Gasteiger charge is 2.27. The minimum absolute atomic E-state index is 0.434. The van der Waals surface area contributed by atoms with E-state index in [2.05, 4.69) is 59.5 Å². The number of hydrogen-bond acceptors (Lipinski definition) is 4. The van der Waals surface area contributed by atoms with Gasteiger partial charge in [0, 0.05) is 31.4 Å². The summed E-state index contributed by atoms with van der Waals surface area (Å²) in [7, 11) is 1.95. The van der Waals surface area contributed by atoms with Crippen molar-refractivity contribution in [1.29, 1.82) is 0 Å². The Hall–Kier alpha value is -2.79. The van der Waals surface area contributed by atoms with E-state index in [1.165, 1.54) is 35.1 Å². The topological polar surface area (TPSA) is 39.5 Å². The highest BCUT2D eigenvalue weighted by atomic mass is 16.6. The van der Waals surface area contributed by atoms with E-state index in [0.29, 0.717) is 19.3 Å². The van der Waals surface area contributed by atoms with Crippen molar-refractivity contribution in [2.45, 2.75) is 32.4 Å². The molecule has 0 spiro atoms. The van der Waals surface area contributed by atoms with Gasteiger partial charge in [-0.3, -0.25) is 9.58 Å². The molecule has 0 aliphatic carbocycles. The van der Waals surface area contributed by atoms with Crippen LogP contribution in [0, 0.1) is 6.92 Å². The maximum Gasteiger partial charge on any atom is 0.161 e. The van der Waals surface area contributed by atoms with Crippen molar-refractivity contribution in [1.82, 2.24) is 14.7 Å². The van der Waals surface area contributed by atoms with Gasteiger partial charge in [-0.1, -0.05) is 24.3 Å². The zero-order valence-electron chi connectivity index (χ0n) is 17.1. The molecule has 2 aliphatic rings. The fraction of sp³-hybridized carbons (Fsp3) is 0.375. The summed E-state index contributed by atoms with van der Waals surface area (Å²) in [4.78, 5) is 2.59. The molecule has 150 valence electrons. The third kappa shape index (κ3) is 3.62. The van der Waals surface area contributed by atoms with Crippen LogP contribution in [0.4, 0.5) is 0 Å². The SMILES string of the molecule is Cc1cc(-c2cnn(C)c2)ccc1CN1CCC[C@H]1c1ccc2c(c1)OCCO2. The van der Waals surface area contributed by atoms with Crippen LogP contribution >= 0.6 is 0 Å². The molecule has 0 unspecified atom stereocenters. The lowest BCUT2D eigenvalue weighted by Gasteiger charge is -2.27. The first-order chi connectivity index (χ1) is 14.2. The van der Waals surface area contributed by atoms with Crippen LogP contribution in [-0.4, -0.2) is 34.4 Å². The van der Waals surface area contributed by atoms with Gasteiger partial charge in [0.1, 0.15) is 13.2 Å². The van der Waals surface area contributed by atoms with Crippen molar-refractivity contribution >= 4 is 0 Å². The predicted octanol–water partition coefficient (Wildman–Crippen LogP) is 4.50. The molecule has 0 saturated carbocycles. The summed E-state index contributed by atoms with van der Waals surface area (Å²) in [6.45, 7) is 5.58. The summed E-state index contributed by atoms with van der Waals surface area (Å²) in [5.74, 6) is 1.75. The maximum atomic E-state index is 5.80. The molecule has 2 aromatic carbocycles. The van der Waals surface area contributed by atoms with Crippen molar-refractivity contribution in [2.75, 3.05) is 19.8 Å². The number of benzene rings is 2. The van der Waals surface area contributed by atoms with E-state index in [0.717, 1.165) is 30.2 Å². The van der Waals surface area contributed by atoms with E-state index in [1.807, 2.05) is 17.9 Å². The Morgan fingerprint density at radius 2 is 1.90 bits per heavy atom. The second-order valence-electron chi connectivity index (χ2n) is 8.08.